The Morgan fingerprint density at radius 3 is 2.52 bits per heavy atom. The number of amidine groups is 1. The van der Waals surface area contributed by atoms with Crippen LogP contribution in [0.2, 0.25) is 0 Å². The largest absolute Gasteiger partial charge is 0.384 e. The zero-order chi connectivity index (χ0) is 22.9. The van der Waals surface area contributed by atoms with E-state index < -0.39 is 0 Å². The normalized spacial score (nSPS) is 18.5. The number of rotatable bonds is 5. The van der Waals surface area contributed by atoms with Crippen LogP contribution in [0.25, 0.3) is 21.7 Å². The molecule has 5 rings (SSSR count). The first-order chi connectivity index (χ1) is 16.0. The van der Waals surface area contributed by atoms with Gasteiger partial charge in [0.05, 0.1) is 0 Å². The second kappa shape index (κ2) is 8.71. The lowest BCUT2D eigenvalue weighted by Crippen LogP contribution is -2.41. The van der Waals surface area contributed by atoms with Gasteiger partial charge in [-0.05, 0) is 54.2 Å². The van der Waals surface area contributed by atoms with Gasteiger partial charge in [0.25, 0.3) is 5.91 Å². The van der Waals surface area contributed by atoms with Crippen LogP contribution in [0.15, 0.2) is 66.7 Å². The van der Waals surface area contributed by atoms with Gasteiger partial charge in [0.15, 0.2) is 0 Å². The number of aromatic nitrogens is 1. The molecule has 3 aromatic carbocycles. The van der Waals surface area contributed by atoms with Crippen molar-refractivity contribution in [3.8, 4) is 0 Å². The van der Waals surface area contributed by atoms with Crippen molar-refractivity contribution in [1.29, 1.82) is 5.41 Å². The molecule has 0 radical (unpaired) electrons. The lowest BCUT2D eigenvalue weighted by Gasteiger charge is -2.27. The van der Waals surface area contributed by atoms with Crippen LogP contribution >= 0.6 is 0 Å². The molecule has 1 aromatic heterocycles. The molecule has 1 amide bonds. The molecule has 1 aliphatic rings. The fourth-order valence-electron chi connectivity index (χ4n) is 4.90. The average molecular weight is 440 g/mol. The Morgan fingerprint density at radius 1 is 0.970 bits per heavy atom. The number of hydrogen-bond donors (Lipinski definition) is 4. The molecule has 0 bridgehead atoms. The van der Waals surface area contributed by atoms with Gasteiger partial charge < -0.3 is 21.4 Å². The van der Waals surface area contributed by atoms with Crippen LogP contribution in [-0.2, 0) is 6.54 Å². The fourth-order valence-corrected chi connectivity index (χ4v) is 4.90. The molecule has 33 heavy (non-hydrogen) atoms. The van der Waals surface area contributed by atoms with E-state index in [1.807, 2.05) is 41.0 Å². The third kappa shape index (κ3) is 4.22. The van der Waals surface area contributed by atoms with E-state index in [1.54, 1.807) is 0 Å². The number of hydrogen-bond acceptors (Lipinski definition) is 3. The summed E-state index contributed by atoms with van der Waals surface area (Å²) in [6.45, 7) is 0.546. The van der Waals surface area contributed by atoms with E-state index in [2.05, 4.69) is 35.6 Å². The Bertz CT molecular complexity index is 1340. The molecule has 0 saturated heterocycles. The van der Waals surface area contributed by atoms with Crippen LogP contribution in [-0.4, -0.2) is 28.4 Å². The summed E-state index contributed by atoms with van der Waals surface area (Å²) >= 11 is 0. The van der Waals surface area contributed by atoms with E-state index >= 15 is 0 Å². The Morgan fingerprint density at radius 2 is 1.73 bits per heavy atom. The number of benzene rings is 3. The van der Waals surface area contributed by atoms with Gasteiger partial charge in [-0.2, -0.15) is 0 Å². The number of nitrogens with zero attached hydrogens (tertiary/aromatic N) is 1. The van der Waals surface area contributed by atoms with Gasteiger partial charge in [-0.25, -0.2) is 0 Å². The molecule has 1 aliphatic carbocycles. The Kier molecular flexibility index (Phi) is 5.60. The van der Waals surface area contributed by atoms with E-state index in [1.165, 1.54) is 5.39 Å². The first-order valence-electron chi connectivity index (χ1n) is 11.5. The van der Waals surface area contributed by atoms with Crippen LogP contribution in [0.5, 0.6) is 0 Å². The highest BCUT2D eigenvalue weighted by molar-refractivity contribution is 6.02. The zero-order valence-electron chi connectivity index (χ0n) is 18.6. The molecule has 0 aliphatic heterocycles. The summed E-state index contributed by atoms with van der Waals surface area (Å²) in [7, 11) is 0. The van der Waals surface area contributed by atoms with E-state index in [9.17, 15) is 4.79 Å². The van der Waals surface area contributed by atoms with Crippen molar-refractivity contribution >= 4 is 33.4 Å². The number of nitrogen functional groups attached to an aromatic ring is 1. The maximum absolute atomic E-state index is 13.4. The highest BCUT2D eigenvalue weighted by Crippen LogP contribution is 2.26. The molecule has 4 aromatic rings. The molecule has 1 fully saturated rings. The zero-order valence-corrected chi connectivity index (χ0v) is 18.6. The Hall–Kier alpha value is -3.64. The predicted octanol–water partition coefficient (Wildman–Crippen LogP) is 4.13. The molecular weight excluding hydrogens is 410 g/mol. The third-order valence-corrected chi connectivity index (χ3v) is 6.76. The van der Waals surface area contributed by atoms with Crippen molar-refractivity contribution in [3.63, 3.8) is 0 Å². The number of fused-ring (bicyclic) bond motifs is 2. The highest BCUT2D eigenvalue weighted by atomic mass is 16.2. The van der Waals surface area contributed by atoms with Crippen molar-refractivity contribution < 1.29 is 4.79 Å². The van der Waals surface area contributed by atoms with E-state index in [0.717, 1.165) is 47.5 Å². The summed E-state index contributed by atoms with van der Waals surface area (Å²) in [5.74, 6) is -0.0596. The SMILES string of the molecule is N=C(N)c1ccc2cc(C(=O)N[C@H]3CC[C@H](N)CC3)n(Cc3cccc4ccccc34)c2c1. The van der Waals surface area contributed by atoms with Crippen LogP contribution in [0.3, 0.4) is 0 Å². The van der Waals surface area contributed by atoms with Crippen molar-refractivity contribution in [1.82, 2.24) is 9.88 Å². The van der Waals surface area contributed by atoms with Gasteiger partial charge in [-0.1, -0.05) is 54.6 Å². The Labute approximate surface area is 193 Å². The fraction of sp³-hybridized carbons (Fsp3) is 0.259. The third-order valence-electron chi connectivity index (χ3n) is 6.76. The summed E-state index contributed by atoms with van der Waals surface area (Å²) in [6.07, 6.45) is 3.69. The highest BCUT2D eigenvalue weighted by Gasteiger charge is 2.23. The standard InChI is InChI=1S/C27H29N5O/c28-21-10-12-22(13-11-21)31-27(33)25-14-18-8-9-19(26(29)30)15-24(18)32(25)16-20-6-3-5-17-4-1-2-7-23(17)20/h1-9,14-15,21-22H,10-13,16,28H2,(H3,29,30)(H,31,33)/t21-,22-. The molecule has 0 spiro atoms. The van der Waals surface area contributed by atoms with Gasteiger partial charge >= 0.3 is 0 Å². The number of amides is 1. The lowest BCUT2D eigenvalue weighted by molar-refractivity contribution is 0.0917. The van der Waals surface area contributed by atoms with Crippen LogP contribution in [0.1, 0.15) is 47.3 Å². The van der Waals surface area contributed by atoms with Gasteiger partial charge in [0, 0.05) is 35.1 Å². The van der Waals surface area contributed by atoms with Crippen molar-refractivity contribution in [3.05, 3.63) is 83.6 Å². The first kappa shape index (κ1) is 21.2. The maximum Gasteiger partial charge on any atom is 0.268 e. The quantitative estimate of drug-likeness (QED) is 0.277. The predicted molar refractivity (Wildman–Crippen MR) is 134 cm³/mol. The molecule has 6 N–H and O–H groups in total. The van der Waals surface area contributed by atoms with E-state index in [4.69, 9.17) is 16.9 Å². The topological polar surface area (TPSA) is 110 Å². The van der Waals surface area contributed by atoms with E-state index in [0.29, 0.717) is 17.8 Å². The minimum absolute atomic E-state index is 0.0133. The second-order valence-electron chi connectivity index (χ2n) is 9.03. The summed E-state index contributed by atoms with van der Waals surface area (Å²) < 4.78 is 2.05. The van der Waals surface area contributed by atoms with Gasteiger partial charge in [-0.15, -0.1) is 0 Å². The van der Waals surface area contributed by atoms with Crippen molar-refractivity contribution in [2.45, 2.75) is 44.3 Å². The summed E-state index contributed by atoms with van der Waals surface area (Å²) in [5.41, 5.74) is 15.1. The van der Waals surface area contributed by atoms with Crippen molar-refractivity contribution in [2.75, 3.05) is 0 Å². The van der Waals surface area contributed by atoms with Gasteiger partial charge in [0.1, 0.15) is 11.5 Å². The average Bonchev–Trinajstić information content (AvgIpc) is 3.18. The molecule has 6 nitrogen and oxygen atoms in total. The van der Waals surface area contributed by atoms with Gasteiger partial charge in [0.2, 0.25) is 0 Å². The first-order valence-corrected chi connectivity index (χ1v) is 11.5. The minimum atomic E-state index is -0.0729. The number of nitrogens with one attached hydrogen (secondary N) is 2. The summed E-state index contributed by atoms with van der Waals surface area (Å²) in [6, 6.07) is 22.5. The lowest BCUT2D eigenvalue weighted by atomic mass is 9.92. The van der Waals surface area contributed by atoms with Crippen molar-refractivity contribution in [2.24, 2.45) is 11.5 Å². The Balaban J connectivity index is 1.57. The molecule has 6 heteroatoms. The molecule has 0 unspecified atom stereocenters. The molecule has 1 heterocycles. The van der Waals surface area contributed by atoms with Gasteiger partial charge in [-0.3, -0.25) is 10.2 Å². The second-order valence-corrected chi connectivity index (χ2v) is 9.03. The smallest absolute Gasteiger partial charge is 0.268 e. The molecule has 168 valence electrons. The molecule has 0 atom stereocenters. The minimum Gasteiger partial charge on any atom is -0.384 e. The van der Waals surface area contributed by atoms with Crippen LogP contribution in [0, 0.1) is 5.41 Å². The van der Waals surface area contributed by atoms with Crippen LogP contribution < -0.4 is 16.8 Å². The molecule has 1 saturated carbocycles. The molecular formula is C27H29N5O. The monoisotopic (exact) mass is 439 g/mol. The summed E-state index contributed by atoms with van der Waals surface area (Å²) in [4.78, 5) is 13.4. The number of nitrogens with two attached hydrogens (primary N) is 2. The number of carbonyl (C=O) groups excluding carboxylic acids is 1. The van der Waals surface area contributed by atoms with Crippen LogP contribution in [0.4, 0.5) is 0 Å². The summed E-state index contributed by atoms with van der Waals surface area (Å²) in [5, 5.41) is 14.4. The maximum atomic E-state index is 13.4. The van der Waals surface area contributed by atoms with E-state index in [-0.39, 0.29) is 23.8 Å². The number of carbonyl (C=O) groups is 1.